The highest BCUT2D eigenvalue weighted by Crippen LogP contribution is 2.42. The van der Waals surface area contributed by atoms with E-state index in [0.29, 0.717) is 17.9 Å². The van der Waals surface area contributed by atoms with Crippen molar-refractivity contribution in [2.45, 2.75) is 65.4 Å². The van der Waals surface area contributed by atoms with E-state index in [1.54, 1.807) is 7.11 Å². The molecule has 0 saturated carbocycles. The smallest absolute Gasteiger partial charge is 0.124 e. The summed E-state index contributed by atoms with van der Waals surface area (Å²) in [4.78, 5) is 0. The van der Waals surface area contributed by atoms with Crippen LogP contribution in [0.3, 0.4) is 0 Å². The molecule has 178 valence electrons. The Balaban J connectivity index is 1.92. The first kappa shape index (κ1) is 25.1. The van der Waals surface area contributed by atoms with Crippen LogP contribution >= 0.6 is 0 Å². The predicted octanol–water partition coefficient (Wildman–Crippen LogP) is 6.22. The normalized spacial score (nSPS) is 17.3. The Labute approximate surface area is 198 Å². The molecular formula is C29H38O4. The first-order chi connectivity index (χ1) is 15.4. The summed E-state index contributed by atoms with van der Waals surface area (Å²) in [6.07, 6.45) is 2.95. The van der Waals surface area contributed by atoms with Gasteiger partial charge in [0.05, 0.1) is 13.2 Å². The average Bonchev–Trinajstić information content (AvgIpc) is 2.78. The molecule has 1 aliphatic rings. The van der Waals surface area contributed by atoms with Gasteiger partial charge in [-0.2, -0.15) is 0 Å². The number of aryl methyl sites for hydroxylation is 1. The summed E-state index contributed by atoms with van der Waals surface area (Å²) in [6.45, 7) is 12.9. The van der Waals surface area contributed by atoms with Gasteiger partial charge in [0.15, 0.2) is 0 Å². The summed E-state index contributed by atoms with van der Waals surface area (Å²) in [6, 6.07) is 12.7. The third kappa shape index (κ3) is 4.73. The zero-order valence-corrected chi connectivity index (χ0v) is 21.0. The molecule has 0 saturated heterocycles. The average molecular weight is 451 g/mol. The Hall–Kier alpha value is -2.56. The van der Waals surface area contributed by atoms with Crippen LogP contribution in [0.15, 0.2) is 59.4 Å². The van der Waals surface area contributed by atoms with E-state index < -0.39 is 0 Å². The molecule has 3 rings (SSSR count). The summed E-state index contributed by atoms with van der Waals surface area (Å²) < 4.78 is 5.32. The second-order valence-corrected chi connectivity index (χ2v) is 10.4. The quantitative estimate of drug-likeness (QED) is 0.468. The van der Waals surface area contributed by atoms with Crippen molar-refractivity contribution < 1.29 is 20.1 Å². The Bertz CT molecular complexity index is 1070. The lowest BCUT2D eigenvalue weighted by atomic mass is 9.68. The molecule has 1 aliphatic carbocycles. The summed E-state index contributed by atoms with van der Waals surface area (Å²) in [5.74, 6) is 0.787. The first-order valence-electron chi connectivity index (χ1n) is 11.6. The van der Waals surface area contributed by atoms with Crippen LogP contribution in [0, 0.1) is 12.8 Å². The van der Waals surface area contributed by atoms with Crippen LogP contribution in [-0.4, -0.2) is 29.0 Å². The molecule has 0 spiro atoms. The van der Waals surface area contributed by atoms with Crippen LogP contribution in [0.4, 0.5) is 0 Å². The molecule has 4 nitrogen and oxygen atoms in total. The molecule has 4 heteroatoms. The number of benzene rings is 2. The minimum atomic E-state index is -0.285. The lowest BCUT2D eigenvalue weighted by Gasteiger charge is -2.37. The Morgan fingerprint density at radius 1 is 0.939 bits per heavy atom. The summed E-state index contributed by atoms with van der Waals surface area (Å²) in [5, 5.41) is 30.3. The highest BCUT2D eigenvalue weighted by Gasteiger charge is 2.34. The van der Waals surface area contributed by atoms with E-state index >= 15 is 0 Å². The molecule has 0 radical (unpaired) electrons. The maximum atomic E-state index is 10.4. The van der Waals surface area contributed by atoms with E-state index in [0.717, 1.165) is 28.7 Å². The van der Waals surface area contributed by atoms with Gasteiger partial charge in [0.25, 0.3) is 0 Å². The molecule has 2 aromatic rings. The van der Waals surface area contributed by atoms with Gasteiger partial charge in [0.1, 0.15) is 11.5 Å². The number of allylic oxidation sites excluding steroid dienone is 2. The lowest BCUT2D eigenvalue weighted by molar-refractivity contribution is 0.209. The molecule has 0 bridgehead atoms. The molecule has 0 amide bonds. The van der Waals surface area contributed by atoms with Crippen LogP contribution in [0.2, 0.25) is 0 Å². The molecule has 1 unspecified atom stereocenters. The van der Waals surface area contributed by atoms with Crippen LogP contribution in [0.5, 0.6) is 5.75 Å². The van der Waals surface area contributed by atoms with Crippen molar-refractivity contribution in [3.05, 3.63) is 87.2 Å². The van der Waals surface area contributed by atoms with Gasteiger partial charge in [-0.1, -0.05) is 64.1 Å². The van der Waals surface area contributed by atoms with Gasteiger partial charge in [0.2, 0.25) is 0 Å². The van der Waals surface area contributed by atoms with E-state index in [1.165, 1.54) is 11.1 Å². The molecule has 0 fully saturated rings. The molecule has 2 aromatic carbocycles. The van der Waals surface area contributed by atoms with Crippen LogP contribution in [0.1, 0.15) is 68.9 Å². The molecule has 0 aromatic heterocycles. The number of rotatable bonds is 7. The minimum absolute atomic E-state index is 0.122. The molecule has 1 atom stereocenters. The number of methoxy groups -OCH3 is 1. The zero-order valence-electron chi connectivity index (χ0n) is 21.0. The van der Waals surface area contributed by atoms with Crippen molar-refractivity contribution in [2.24, 2.45) is 5.92 Å². The molecule has 33 heavy (non-hydrogen) atoms. The zero-order chi connectivity index (χ0) is 24.6. The van der Waals surface area contributed by atoms with Gasteiger partial charge >= 0.3 is 0 Å². The molecule has 3 N–H and O–H groups in total. The van der Waals surface area contributed by atoms with E-state index in [2.05, 4.69) is 58.0 Å². The maximum absolute atomic E-state index is 10.4. The second kappa shape index (κ2) is 9.36. The fourth-order valence-electron chi connectivity index (χ4n) is 4.88. The number of hydrogen-bond donors (Lipinski definition) is 3. The Morgan fingerprint density at radius 2 is 1.55 bits per heavy atom. The van der Waals surface area contributed by atoms with Crippen LogP contribution in [0.25, 0.3) is 0 Å². The molecular weight excluding hydrogens is 412 g/mol. The topological polar surface area (TPSA) is 69.9 Å². The molecule has 0 heterocycles. The first-order valence-corrected chi connectivity index (χ1v) is 11.6. The van der Waals surface area contributed by atoms with Crippen molar-refractivity contribution >= 4 is 0 Å². The third-order valence-electron chi connectivity index (χ3n) is 7.49. The standard InChI is InChI=1S/C29H38O4/c1-18-12-24(14-20(16-30)26(18)31)28(3,4)22-8-10-23(11-9-22)29(5,6)25-13-19(2)27(32)21(15-25)17-33-7/h8-14,25,30-32H,15-17H2,1-7H3. The third-order valence-corrected chi connectivity index (χ3v) is 7.49. The van der Waals surface area contributed by atoms with Crippen LogP contribution in [-0.2, 0) is 22.2 Å². The number of hydrogen-bond acceptors (Lipinski definition) is 4. The number of aliphatic hydroxyl groups is 2. The number of ether oxygens (including phenoxy) is 1. The Kier molecular flexibility index (Phi) is 7.11. The number of aromatic hydroxyl groups is 1. The lowest BCUT2D eigenvalue weighted by Crippen LogP contribution is -2.31. The van der Waals surface area contributed by atoms with E-state index in [9.17, 15) is 15.3 Å². The van der Waals surface area contributed by atoms with Crippen molar-refractivity contribution in [3.63, 3.8) is 0 Å². The fraction of sp³-hybridized carbons (Fsp3) is 0.448. The van der Waals surface area contributed by atoms with Gasteiger partial charge in [0, 0.05) is 18.1 Å². The maximum Gasteiger partial charge on any atom is 0.124 e. The monoisotopic (exact) mass is 450 g/mol. The van der Waals surface area contributed by atoms with E-state index in [4.69, 9.17) is 4.74 Å². The van der Waals surface area contributed by atoms with E-state index in [1.807, 2.05) is 26.0 Å². The minimum Gasteiger partial charge on any atom is -0.508 e. The number of aliphatic hydroxyl groups excluding tert-OH is 2. The van der Waals surface area contributed by atoms with Gasteiger partial charge < -0.3 is 20.1 Å². The van der Waals surface area contributed by atoms with Crippen molar-refractivity contribution in [1.82, 2.24) is 0 Å². The van der Waals surface area contributed by atoms with Crippen LogP contribution < -0.4 is 0 Å². The molecule has 0 aliphatic heterocycles. The van der Waals surface area contributed by atoms with Gasteiger partial charge in [-0.05, 0) is 71.1 Å². The van der Waals surface area contributed by atoms with Crippen molar-refractivity contribution in [3.8, 4) is 5.75 Å². The SMILES string of the molecule is COCC1=C(O)C(C)=CC(C(C)(C)c2ccc(C(C)(C)c3cc(C)c(O)c(CO)c3)cc2)C1. The van der Waals surface area contributed by atoms with Gasteiger partial charge in [-0.3, -0.25) is 0 Å². The fourth-order valence-corrected chi connectivity index (χ4v) is 4.88. The van der Waals surface area contributed by atoms with Gasteiger partial charge in [-0.15, -0.1) is 0 Å². The predicted molar refractivity (Wildman–Crippen MR) is 134 cm³/mol. The summed E-state index contributed by atoms with van der Waals surface area (Å²) in [5.41, 5.74) is 6.25. The van der Waals surface area contributed by atoms with E-state index in [-0.39, 0.29) is 29.1 Å². The largest absolute Gasteiger partial charge is 0.508 e. The Morgan fingerprint density at radius 3 is 2.12 bits per heavy atom. The highest BCUT2D eigenvalue weighted by molar-refractivity contribution is 5.49. The summed E-state index contributed by atoms with van der Waals surface area (Å²) in [7, 11) is 1.66. The van der Waals surface area contributed by atoms with Crippen molar-refractivity contribution in [2.75, 3.05) is 13.7 Å². The highest BCUT2D eigenvalue weighted by atomic mass is 16.5. The summed E-state index contributed by atoms with van der Waals surface area (Å²) >= 11 is 0. The second-order valence-electron chi connectivity index (χ2n) is 10.4. The van der Waals surface area contributed by atoms with Gasteiger partial charge in [-0.25, -0.2) is 0 Å². The van der Waals surface area contributed by atoms with Crippen molar-refractivity contribution in [1.29, 1.82) is 0 Å². The number of phenols is 1.